The van der Waals surface area contributed by atoms with E-state index in [4.69, 9.17) is 0 Å². The zero-order valence-electron chi connectivity index (χ0n) is 10.4. The summed E-state index contributed by atoms with van der Waals surface area (Å²) in [5, 5.41) is 3.28. The molecule has 0 spiro atoms. The van der Waals surface area contributed by atoms with E-state index in [0.29, 0.717) is 12.5 Å². The average Bonchev–Trinajstić information content (AvgIpc) is 2.97. The Morgan fingerprint density at radius 3 is 2.81 bits per heavy atom. The van der Waals surface area contributed by atoms with E-state index in [-0.39, 0.29) is 0 Å². The average molecular weight is 224 g/mol. The van der Waals surface area contributed by atoms with Crippen molar-refractivity contribution in [2.24, 2.45) is 11.8 Å². The molecule has 1 amide bonds. The number of carbonyl (C=O) groups excluding carboxylic acids is 1. The van der Waals surface area contributed by atoms with Crippen LogP contribution >= 0.6 is 0 Å². The lowest BCUT2D eigenvalue weighted by atomic mass is 10.0. The van der Waals surface area contributed by atoms with Crippen LogP contribution in [0.4, 0.5) is 0 Å². The number of rotatable bonds is 6. The molecule has 1 saturated heterocycles. The molecule has 3 nitrogen and oxygen atoms in total. The third-order valence-corrected chi connectivity index (χ3v) is 3.74. The van der Waals surface area contributed by atoms with E-state index in [1.54, 1.807) is 0 Å². The smallest absolute Gasteiger partial charge is 0.236 e. The molecule has 16 heavy (non-hydrogen) atoms. The van der Waals surface area contributed by atoms with Crippen molar-refractivity contribution in [2.75, 3.05) is 26.2 Å². The van der Waals surface area contributed by atoms with Crippen LogP contribution in [0.2, 0.25) is 0 Å². The molecule has 0 aromatic heterocycles. The van der Waals surface area contributed by atoms with Gasteiger partial charge in [-0.3, -0.25) is 4.79 Å². The Morgan fingerprint density at radius 2 is 2.12 bits per heavy atom. The van der Waals surface area contributed by atoms with E-state index in [2.05, 4.69) is 12.2 Å². The van der Waals surface area contributed by atoms with Crippen LogP contribution in [0.1, 0.15) is 39.0 Å². The molecule has 92 valence electrons. The SMILES string of the molecule is CCCC1CCN(C(=O)CNCC2CC2)C1. The number of hydrogen-bond donors (Lipinski definition) is 1. The van der Waals surface area contributed by atoms with Gasteiger partial charge in [-0.1, -0.05) is 13.3 Å². The summed E-state index contributed by atoms with van der Waals surface area (Å²) in [4.78, 5) is 13.9. The van der Waals surface area contributed by atoms with Crippen molar-refractivity contribution in [1.82, 2.24) is 10.2 Å². The molecule has 1 unspecified atom stereocenters. The van der Waals surface area contributed by atoms with Crippen LogP contribution in [0.5, 0.6) is 0 Å². The fraction of sp³-hybridized carbons (Fsp3) is 0.923. The Labute approximate surface area is 98.6 Å². The second-order valence-corrected chi connectivity index (χ2v) is 5.36. The lowest BCUT2D eigenvalue weighted by Gasteiger charge is -2.16. The van der Waals surface area contributed by atoms with Crippen LogP contribution in [-0.4, -0.2) is 37.0 Å². The molecule has 1 aliphatic carbocycles. The van der Waals surface area contributed by atoms with Crippen molar-refractivity contribution in [3.8, 4) is 0 Å². The molecule has 0 aromatic carbocycles. The van der Waals surface area contributed by atoms with Gasteiger partial charge in [0.25, 0.3) is 0 Å². The molecule has 0 radical (unpaired) electrons. The van der Waals surface area contributed by atoms with E-state index in [0.717, 1.165) is 31.5 Å². The minimum Gasteiger partial charge on any atom is -0.341 e. The van der Waals surface area contributed by atoms with Crippen LogP contribution < -0.4 is 5.32 Å². The van der Waals surface area contributed by atoms with Gasteiger partial charge in [0.1, 0.15) is 0 Å². The number of amides is 1. The molecule has 1 heterocycles. The Morgan fingerprint density at radius 1 is 1.31 bits per heavy atom. The first-order valence-electron chi connectivity index (χ1n) is 6.78. The van der Waals surface area contributed by atoms with Gasteiger partial charge in [-0.05, 0) is 44.1 Å². The summed E-state index contributed by atoms with van der Waals surface area (Å²) in [6.45, 7) is 5.79. The van der Waals surface area contributed by atoms with Crippen molar-refractivity contribution in [3.63, 3.8) is 0 Å². The van der Waals surface area contributed by atoms with E-state index in [1.807, 2.05) is 4.90 Å². The van der Waals surface area contributed by atoms with E-state index >= 15 is 0 Å². The van der Waals surface area contributed by atoms with Crippen molar-refractivity contribution < 1.29 is 4.79 Å². The molecular weight excluding hydrogens is 200 g/mol. The lowest BCUT2D eigenvalue weighted by Crippen LogP contribution is -2.37. The van der Waals surface area contributed by atoms with Gasteiger partial charge in [-0.2, -0.15) is 0 Å². The molecule has 0 aromatic rings. The minimum atomic E-state index is 0.305. The first-order valence-corrected chi connectivity index (χ1v) is 6.78. The Balaban J connectivity index is 1.61. The van der Waals surface area contributed by atoms with Crippen molar-refractivity contribution >= 4 is 5.91 Å². The fourth-order valence-electron chi connectivity index (χ4n) is 2.52. The van der Waals surface area contributed by atoms with E-state index in [9.17, 15) is 4.79 Å². The zero-order valence-corrected chi connectivity index (χ0v) is 10.4. The first kappa shape index (κ1) is 11.9. The topological polar surface area (TPSA) is 32.3 Å². The highest BCUT2D eigenvalue weighted by Gasteiger charge is 2.26. The Kier molecular flexibility index (Phi) is 4.22. The second kappa shape index (κ2) is 5.67. The summed E-state index contributed by atoms with van der Waals surface area (Å²) in [6.07, 6.45) is 6.43. The second-order valence-electron chi connectivity index (χ2n) is 5.36. The van der Waals surface area contributed by atoms with E-state index in [1.165, 1.54) is 32.1 Å². The molecule has 3 heteroatoms. The van der Waals surface area contributed by atoms with Gasteiger partial charge in [0.15, 0.2) is 0 Å². The summed E-state index contributed by atoms with van der Waals surface area (Å²) in [6, 6.07) is 0. The molecule has 1 aliphatic heterocycles. The highest BCUT2D eigenvalue weighted by Crippen LogP contribution is 2.27. The number of nitrogens with one attached hydrogen (secondary N) is 1. The molecule has 2 rings (SSSR count). The summed E-state index contributed by atoms with van der Waals surface area (Å²) in [5.41, 5.74) is 0. The monoisotopic (exact) mass is 224 g/mol. The predicted octanol–water partition coefficient (Wildman–Crippen LogP) is 1.63. The summed E-state index contributed by atoms with van der Waals surface area (Å²) < 4.78 is 0. The van der Waals surface area contributed by atoms with Gasteiger partial charge in [0, 0.05) is 13.1 Å². The first-order chi connectivity index (χ1) is 7.79. The van der Waals surface area contributed by atoms with Crippen LogP contribution in [-0.2, 0) is 4.79 Å². The predicted molar refractivity (Wildman–Crippen MR) is 65.2 cm³/mol. The number of hydrogen-bond acceptors (Lipinski definition) is 2. The zero-order chi connectivity index (χ0) is 11.4. The molecule has 0 bridgehead atoms. The molecular formula is C13H24N2O. The summed E-state index contributed by atoms with van der Waals surface area (Å²) in [7, 11) is 0. The normalized spacial score (nSPS) is 25.1. The molecule has 1 saturated carbocycles. The largest absolute Gasteiger partial charge is 0.341 e. The van der Waals surface area contributed by atoms with Gasteiger partial charge < -0.3 is 10.2 Å². The van der Waals surface area contributed by atoms with Crippen molar-refractivity contribution in [2.45, 2.75) is 39.0 Å². The highest BCUT2D eigenvalue weighted by molar-refractivity contribution is 5.78. The molecule has 2 fully saturated rings. The van der Waals surface area contributed by atoms with Crippen LogP contribution in [0, 0.1) is 11.8 Å². The number of nitrogens with zero attached hydrogens (tertiary/aromatic N) is 1. The minimum absolute atomic E-state index is 0.305. The molecule has 1 N–H and O–H groups in total. The maximum atomic E-state index is 11.9. The van der Waals surface area contributed by atoms with Gasteiger partial charge in [0.05, 0.1) is 6.54 Å². The maximum Gasteiger partial charge on any atom is 0.236 e. The number of likely N-dealkylation sites (tertiary alicyclic amines) is 1. The van der Waals surface area contributed by atoms with Gasteiger partial charge in [-0.15, -0.1) is 0 Å². The Bertz CT molecular complexity index is 238. The standard InChI is InChI=1S/C13H24N2O/c1-2-3-12-6-7-15(10-12)13(16)9-14-8-11-4-5-11/h11-12,14H,2-10H2,1H3. The third kappa shape index (κ3) is 3.48. The fourth-order valence-corrected chi connectivity index (χ4v) is 2.52. The van der Waals surface area contributed by atoms with Gasteiger partial charge in [0.2, 0.25) is 5.91 Å². The van der Waals surface area contributed by atoms with Crippen LogP contribution in [0.25, 0.3) is 0 Å². The highest BCUT2D eigenvalue weighted by atomic mass is 16.2. The maximum absolute atomic E-state index is 11.9. The van der Waals surface area contributed by atoms with Crippen LogP contribution in [0.3, 0.4) is 0 Å². The Hall–Kier alpha value is -0.570. The third-order valence-electron chi connectivity index (χ3n) is 3.74. The van der Waals surface area contributed by atoms with Crippen molar-refractivity contribution in [1.29, 1.82) is 0 Å². The van der Waals surface area contributed by atoms with Gasteiger partial charge in [-0.25, -0.2) is 0 Å². The lowest BCUT2D eigenvalue weighted by molar-refractivity contribution is -0.129. The quantitative estimate of drug-likeness (QED) is 0.744. The number of carbonyl (C=O) groups is 1. The van der Waals surface area contributed by atoms with Crippen LogP contribution in [0.15, 0.2) is 0 Å². The van der Waals surface area contributed by atoms with Gasteiger partial charge >= 0.3 is 0 Å². The molecule has 1 atom stereocenters. The summed E-state index contributed by atoms with van der Waals surface area (Å²) in [5.74, 6) is 1.93. The van der Waals surface area contributed by atoms with E-state index < -0.39 is 0 Å². The van der Waals surface area contributed by atoms with Crippen molar-refractivity contribution in [3.05, 3.63) is 0 Å². The summed E-state index contributed by atoms with van der Waals surface area (Å²) >= 11 is 0. The molecule has 2 aliphatic rings.